The maximum Gasteiger partial charge on any atom is 0.0435 e. The van der Waals surface area contributed by atoms with E-state index < -0.39 is 0 Å². The Balaban J connectivity index is 3.15. The Labute approximate surface area is 71.5 Å². The van der Waals surface area contributed by atoms with E-state index in [9.17, 15) is 0 Å². The summed E-state index contributed by atoms with van der Waals surface area (Å²) in [5, 5.41) is 8.12. The fourth-order valence-corrected chi connectivity index (χ4v) is 0.996. The molecular weight excluding hydrogens is 158 g/mol. The summed E-state index contributed by atoms with van der Waals surface area (Å²) in [6.45, 7) is 3.71. The van der Waals surface area contributed by atoms with Gasteiger partial charge in [0, 0.05) is 10.7 Å². The fraction of sp³-hybridized carbons (Fsp3) is 0.222. The molecule has 1 N–H and O–H groups in total. The van der Waals surface area contributed by atoms with Gasteiger partial charge in [0.25, 0.3) is 0 Å². The van der Waals surface area contributed by atoms with Gasteiger partial charge in [-0.05, 0) is 37.1 Å². The summed E-state index contributed by atoms with van der Waals surface area (Å²) in [5.74, 6) is 0. The van der Waals surface area contributed by atoms with E-state index in [2.05, 4.69) is 0 Å². The Morgan fingerprint density at radius 1 is 1.45 bits per heavy atom. The molecule has 0 heterocycles. The minimum atomic E-state index is 0.574. The Bertz CT molecular complexity index is 292. The molecule has 1 rings (SSSR count). The smallest absolute Gasteiger partial charge is 0.0435 e. The first-order chi connectivity index (χ1) is 5.11. The molecule has 11 heavy (non-hydrogen) atoms. The molecule has 1 aromatic carbocycles. The topological polar surface area (TPSA) is 23.9 Å². The van der Waals surface area contributed by atoms with Gasteiger partial charge in [-0.15, -0.1) is 0 Å². The monoisotopic (exact) mass is 167 g/mol. The molecule has 0 aliphatic rings. The Morgan fingerprint density at radius 3 is 2.55 bits per heavy atom. The molecule has 0 atom stereocenters. The highest BCUT2D eigenvalue weighted by Gasteiger charge is 1.97. The predicted octanol–water partition coefficient (Wildman–Crippen LogP) is 3.04. The molecule has 0 radical (unpaired) electrons. The van der Waals surface area contributed by atoms with Crippen molar-refractivity contribution in [3.05, 3.63) is 34.3 Å². The van der Waals surface area contributed by atoms with Crippen molar-refractivity contribution in [3.63, 3.8) is 0 Å². The zero-order chi connectivity index (χ0) is 8.43. The van der Waals surface area contributed by atoms with Gasteiger partial charge in [0.05, 0.1) is 0 Å². The summed E-state index contributed by atoms with van der Waals surface area (Å²) >= 11 is 5.81. The van der Waals surface area contributed by atoms with Gasteiger partial charge >= 0.3 is 0 Å². The summed E-state index contributed by atoms with van der Waals surface area (Å²) in [7, 11) is 0. The van der Waals surface area contributed by atoms with Crippen LogP contribution in [-0.4, -0.2) is 5.71 Å². The Morgan fingerprint density at radius 2 is 2.09 bits per heavy atom. The van der Waals surface area contributed by atoms with Crippen molar-refractivity contribution in [1.82, 2.24) is 0 Å². The molecule has 1 aromatic rings. The third-order valence-electron chi connectivity index (χ3n) is 1.59. The number of halogens is 1. The Kier molecular flexibility index (Phi) is 2.30. The molecular formula is C9H10ClN. The van der Waals surface area contributed by atoms with Crippen molar-refractivity contribution in [2.24, 2.45) is 0 Å². The first kappa shape index (κ1) is 8.28. The zero-order valence-corrected chi connectivity index (χ0v) is 7.37. The van der Waals surface area contributed by atoms with Gasteiger partial charge < -0.3 is 5.41 Å². The van der Waals surface area contributed by atoms with Crippen LogP contribution in [0.3, 0.4) is 0 Å². The molecule has 0 aliphatic carbocycles. The number of hydrogen-bond donors (Lipinski definition) is 1. The van der Waals surface area contributed by atoms with Crippen molar-refractivity contribution in [3.8, 4) is 0 Å². The van der Waals surface area contributed by atoms with Crippen LogP contribution in [0.5, 0.6) is 0 Å². The molecule has 0 saturated heterocycles. The minimum Gasteiger partial charge on any atom is -0.305 e. The van der Waals surface area contributed by atoms with Crippen molar-refractivity contribution in [2.45, 2.75) is 13.8 Å². The van der Waals surface area contributed by atoms with E-state index in [-0.39, 0.29) is 0 Å². The molecule has 0 saturated carbocycles. The number of nitrogens with one attached hydrogen (secondary N) is 1. The largest absolute Gasteiger partial charge is 0.305 e. The van der Waals surface area contributed by atoms with E-state index in [1.165, 1.54) is 0 Å². The average molecular weight is 168 g/mol. The number of benzene rings is 1. The highest BCUT2D eigenvalue weighted by atomic mass is 35.5. The lowest BCUT2D eigenvalue weighted by atomic mass is 10.1. The van der Waals surface area contributed by atoms with E-state index in [4.69, 9.17) is 17.0 Å². The highest BCUT2D eigenvalue weighted by molar-refractivity contribution is 6.31. The van der Waals surface area contributed by atoms with Gasteiger partial charge in [-0.25, -0.2) is 0 Å². The maximum absolute atomic E-state index is 7.36. The standard InChI is InChI=1S/C9H10ClN/c1-6-5-8(7(2)11)3-4-9(6)10/h3-5,11H,1-2H3. The summed E-state index contributed by atoms with van der Waals surface area (Å²) in [4.78, 5) is 0. The second-order valence-corrected chi connectivity index (χ2v) is 3.00. The van der Waals surface area contributed by atoms with Crippen LogP contribution in [0.25, 0.3) is 0 Å². The van der Waals surface area contributed by atoms with Crippen molar-refractivity contribution >= 4 is 17.3 Å². The molecule has 58 valence electrons. The van der Waals surface area contributed by atoms with Crippen LogP contribution >= 0.6 is 11.6 Å². The minimum absolute atomic E-state index is 0.574. The molecule has 0 fully saturated rings. The van der Waals surface area contributed by atoms with E-state index in [1.807, 2.05) is 25.1 Å². The number of hydrogen-bond acceptors (Lipinski definition) is 1. The molecule has 0 aliphatic heterocycles. The van der Waals surface area contributed by atoms with E-state index in [0.29, 0.717) is 5.71 Å². The molecule has 0 aromatic heterocycles. The second-order valence-electron chi connectivity index (χ2n) is 2.59. The van der Waals surface area contributed by atoms with Crippen molar-refractivity contribution in [2.75, 3.05) is 0 Å². The normalized spacial score (nSPS) is 9.73. The van der Waals surface area contributed by atoms with Gasteiger partial charge in [0.2, 0.25) is 0 Å². The first-order valence-electron chi connectivity index (χ1n) is 3.43. The third-order valence-corrected chi connectivity index (χ3v) is 2.02. The van der Waals surface area contributed by atoms with E-state index >= 15 is 0 Å². The second kappa shape index (κ2) is 3.05. The first-order valence-corrected chi connectivity index (χ1v) is 3.80. The highest BCUT2D eigenvalue weighted by Crippen LogP contribution is 2.16. The lowest BCUT2D eigenvalue weighted by Crippen LogP contribution is -1.91. The van der Waals surface area contributed by atoms with Gasteiger partial charge in [0.15, 0.2) is 0 Å². The number of aryl methyl sites for hydroxylation is 1. The SMILES string of the molecule is CC(=N)c1ccc(Cl)c(C)c1. The fourth-order valence-electron chi connectivity index (χ4n) is 0.878. The van der Waals surface area contributed by atoms with Crippen LogP contribution in [0.1, 0.15) is 18.1 Å². The van der Waals surface area contributed by atoms with Crippen LogP contribution < -0.4 is 0 Å². The van der Waals surface area contributed by atoms with Crippen LogP contribution in [0.4, 0.5) is 0 Å². The van der Waals surface area contributed by atoms with Crippen molar-refractivity contribution in [1.29, 1.82) is 5.41 Å². The van der Waals surface area contributed by atoms with Gasteiger partial charge in [-0.3, -0.25) is 0 Å². The quantitative estimate of drug-likeness (QED) is 0.622. The molecule has 1 nitrogen and oxygen atoms in total. The molecule has 0 spiro atoms. The van der Waals surface area contributed by atoms with E-state index in [1.54, 1.807) is 6.92 Å². The molecule has 0 amide bonds. The third kappa shape index (κ3) is 1.81. The lowest BCUT2D eigenvalue weighted by Gasteiger charge is -2.00. The lowest BCUT2D eigenvalue weighted by molar-refractivity contribution is 1.41. The average Bonchev–Trinajstić information content (AvgIpc) is 1.94. The maximum atomic E-state index is 7.36. The molecule has 0 bridgehead atoms. The van der Waals surface area contributed by atoms with Crippen LogP contribution in [0, 0.1) is 12.3 Å². The van der Waals surface area contributed by atoms with Crippen LogP contribution in [0.2, 0.25) is 5.02 Å². The van der Waals surface area contributed by atoms with Gasteiger partial charge in [0.1, 0.15) is 0 Å². The van der Waals surface area contributed by atoms with E-state index in [0.717, 1.165) is 16.1 Å². The molecule has 0 unspecified atom stereocenters. The summed E-state index contributed by atoms with van der Waals surface area (Å²) in [6.07, 6.45) is 0. The molecule has 2 heteroatoms. The van der Waals surface area contributed by atoms with Gasteiger partial charge in [-0.2, -0.15) is 0 Å². The summed E-state index contributed by atoms with van der Waals surface area (Å²) in [5.41, 5.74) is 2.53. The summed E-state index contributed by atoms with van der Waals surface area (Å²) < 4.78 is 0. The van der Waals surface area contributed by atoms with Crippen LogP contribution in [-0.2, 0) is 0 Å². The van der Waals surface area contributed by atoms with Crippen LogP contribution in [0.15, 0.2) is 18.2 Å². The predicted molar refractivity (Wildman–Crippen MR) is 48.7 cm³/mol. The summed E-state index contributed by atoms with van der Waals surface area (Å²) in [6, 6.07) is 5.60. The Hall–Kier alpha value is -0.820. The number of rotatable bonds is 1. The van der Waals surface area contributed by atoms with Gasteiger partial charge in [-0.1, -0.05) is 17.7 Å². The van der Waals surface area contributed by atoms with Crippen molar-refractivity contribution < 1.29 is 0 Å². The zero-order valence-electron chi connectivity index (χ0n) is 6.61.